The third-order valence-electron chi connectivity index (χ3n) is 7.29. The van der Waals surface area contributed by atoms with Crippen molar-refractivity contribution >= 4 is 50.7 Å². The average Bonchev–Trinajstić information content (AvgIpc) is 3.63. The molecule has 2 saturated heterocycles. The van der Waals surface area contributed by atoms with Crippen LogP contribution >= 0.6 is 39.1 Å². The summed E-state index contributed by atoms with van der Waals surface area (Å²) in [6, 6.07) is 9.89. The normalized spacial score (nSPS) is 27.5. The summed E-state index contributed by atoms with van der Waals surface area (Å²) in [6.45, 7) is -0.585. The molecule has 2 aromatic carbocycles. The second-order valence-electron chi connectivity index (χ2n) is 9.86. The zero-order valence-electron chi connectivity index (χ0n) is 22.0. The Morgan fingerprint density at radius 2 is 2.02 bits per heavy atom. The smallest absolute Gasteiger partial charge is 0.259 e. The molecule has 5 unspecified atom stereocenters. The summed E-state index contributed by atoms with van der Waals surface area (Å²) in [5.41, 5.74) is 1.61. The van der Waals surface area contributed by atoms with Gasteiger partial charge in [0.25, 0.3) is 5.91 Å². The van der Waals surface area contributed by atoms with Gasteiger partial charge in [0.1, 0.15) is 36.2 Å². The Labute approximate surface area is 259 Å². The molecule has 7 atom stereocenters. The Hall–Kier alpha value is -2.64. The number of amides is 1. The molecule has 42 heavy (non-hydrogen) atoms. The summed E-state index contributed by atoms with van der Waals surface area (Å²) in [5, 5.41) is 50.7. The number of carbonyl (C=O) groups excluding carboxylic acids is 1. The third kappa shape index (κ3) is 5.92. The van der Waals surface area contributed by atoms with Gasteiger partial charge in [-0.15, -0.1) is 5.10 Å². The van der Waals surface area contributed by atoms with E-state index in [4.69, 9.17) is 37.4 Å². The first-order chi connectivity index (χ1) is 20.2. The number of aromatic nitrogens is 3. The standard InChI is InChI=1S/C27H26BrCl2N5O7/c1-40-25-23(34-9-19(32-33-34)14-2-3-17(29)18(30)6-14)24(38)22(10-36)42-26(25)27(39)35(20-11-41-12-21(20)37)16-5-13(8-31)4-15(28)7-16/h2-7,9,20-26,36-38H,10-12H2,1H3/t20-,21-,22?,23?,24?,25?,26?/m0/s1. The lowest BCUT2D eigenvalue weighted by molar-refractivity contribution is -0.211. The molecule has 3 N–H and O–H groups in total. The van der Waals surface area contributed by atoms with E-state index in [1.54, 1.807) is 36.5 Å². The minimum atomic E-state index is -1.38. The van der Waals surface area contributed by atoms with Crippen molar-refractivity contribution in [3.63, 3.8) is 0 Å². The van der Waals surface area contributed by atoms with E-state index in [-0.39, 0.29) is 18.8 Å². The number of ether oxygens (including phenoxy) is 3. The molecule has 222 valence electrons. The van der Waals surface area contributed by atoms with Crippen LogP contribution < -0.4 is 4.90 Å². The molecule has 1 amide bonds. The molecule has 2 fully saturated rings. The fourth-order valence-corrected chi connectivity index (χ4v) is 6.02. The number of rotatable bonds is 7. The van der Waals surface area contributed by atoms with Gasteiger partial charge < -0.3 is 34.4 Å². The van der Waals surface area contributed by atoms with Crippen LogP contribution in [0.15, 0.2) is 47.1 Å². The lowest BCUT2D eigenvalue weighted by Gasteiger charge is -2.45. The Bertz CT molecular complexity index is 1500. The average molecular weight is 683 g/mol. The van der Waals surface area contributed by atoms with Gasteiger partial charge in [-0.05, 0) is 30.3 Å². The number of carbonyl (C=O) groups is 1. The van der Waals surface area contributed by atoms with E-state index < -0.39 is 55.1 Å². The van der Waals surface area contributed by atoms with Gasteiger partial charge in [-0.1, -0.05) is 50.4 Å². The third-order valence-corrected chi connectivity index (χ3v) is 8.49. The highest BCUT2D eigenvalue weighted by molar-refractivity contribution is 9.10. The first-order valence-corrected chi connectivity index (χ1v) is 14.4. The summed E-state index contributed by atoms with van der Waals surface area (Å²) >= 11 is 15.6. The molecule has 0 spiro atoms. The van der Waals surface area contributed by atoms with Gasteiger partial charge in [0, 0.05) is 22.8 Å². The molecular formula is C27H26BrCl2N5O7. The zero-order chi connectivity index (χ0) is 30.1. The predicted molar refractivity (Wildman–Crippen MR) is 154 cm³/mol. The van der Waals surface area contributed by atoms with Crippen molar-refractivity contribution < 1.29 is 34.3 Å². The van der Waals surface area contributed by atoms with E-state index in [0.29, 0.717) is 31.5 Å². The number of hydrogen-bond acceptors (Lipinski definition) is 10. The van der Waals surface area contributed by atoms with E-state index in [9.17, 15) is 25.4 Å². The Morgan fingerprint density at radius 3 is 2.67 bits per heavy atom. The Kier molecular flexibility index (Phi) is 9.48. The largest absolute Gasteiger partial charge is 0.394 e. The monoisotopic (exact) mass is 681 g/mol. The number of nitrogens with zero attached hydrogens (tertiary/aromatic N) is 5. The molecule has 1 aromatic heterocycles. The number of nitriles is 1. The summed E-state index contributed by atoms with van der Waals surface area (Å²) in [5.74, 6) is -0.640. The Morgan fingerprint density at radius 1 is 1.24 bits per heavy atom. The maximum absolute atomic E-state index is 14.4. The quantitative estimate of drug-likeness (QED) is 0.337. The van der Waals surface area contributed by atoms with Crippen LogP contribution in [-0.2, 0) is 19.0 Å². The number of aliphatic hydroxyl groups is 3. The number of halogens is 3. The zero-order valence-corrected chi connectivity index (χ0v) is 25.1. The molecule has 3 heterocycles. The lowest BCUT2D eigenvalue weighted by Crippen LogP contribution is -2.63. The molecule has 12 nitrogen and oxygen atoms in total. The fourth-order valence-electron chi connectivity index (χ4n) is 5.24. The van der Waals surface area contributed by atoms with Gasteiger partial charge in [0.15, 0.2) is 6.10 Å². The second-order valence-corrected chi connectivity index (χ2v) is 11.6. The van der Waals surface area contributed by atoms with Crippen LogP contribution in [-0.4, -0.2) is 99.7 Å². The van der Waals surface area contributed by atoms with Gasteiger partial charge in [0.05, 0.1) is 53.7 Å². The van der Waals surface area contributed by atoms with E-state index in [0.717, 1.165) is 0 Å². The van der Waals surface area contributed by atoms with Gasteiger partial charge in [-0.2, -0.15) is 5.26 Å². The molecule has 0 saturated carbocycles. The number of methoxy groups -OCH3 is 1. The van der Waals surface area contributed by atoms with Crippen LogP contribution in [0.5, 0.6) is 0 Å². The minimum absolute atomic E-state index is 0.00381. The van der Waals surface area contributed by atoms with E-state index in [1.807, 2.05) is 0 Å². The highest BCUT2D eigenvalue weighted by Gasteiger charge is 2.52. The summed E-state index contributed by atoms with van der Waals surface area (Å²) in [4.78, 5) is 15.7. The van der Waals surface area contributed by atoms with E-state index in [2.05, 4.69) is 32.3 Å². The van der Waals surface area contributed by atoms with Crippen molar-refractivity contribution in [2.45, 2.75) is 42.6 Å². The first-order valence-electron chi connectivity index (χ1n) is 12.8. The highest BCUT2D eigenvalue weighted by Crippen LogP contribution is 2.36. The van der Waals surface area contributed by atoms with Crippen LogP contribution in [0.3, 0.4) is 0 Å². The lowest BCUT2D eigenvalue weighted by atomic mass is 9.91. The van der Waals surface area contributed by atoms with Crippen LogP contribution in [0.1, 0.15) is 11.6 Å². The molecule has 2 aliphatic heterocycles. The Balaban J connectivity index is 1.55. The van der Waals surface area contributed by atoms with Crippen LogP contribution in [0.25, 0.3) is 11.3 Å². The molecule has 3 aromatic rings. The maximum atomic E-state index is 14.4. The predicted octanol–water partition coefficient (Wildman–Crippen LogP) is 2.36. The van der Waals surface area contributed by atoms with E-state index in [1.165, 1.54) is 22.8 Å². The van der Waals surface area contributed by atoms with Crippen LogP contribution in [0, 0.1) is 11.3 Å². The minimum Gasteiger partial charge on any atom is -0.394 e. The molecule has 0 bridgehead atoms. The van der Waals surface area contributed by atoms with Gasteiger partial charge in [-0.25, -0.2) is 4.68 Å². The highest BCUT2D eigenvalue weighted by atomic mass is 79.9. The van der Waals surface area contributed by atoms with Crippen molar-refractivity contribution in [3.8, 4) is 17.3 Å². The number of benzene rings is 2. The first kappa shape index (κ1) is 30.8. The summed E-state index contributed by atoms with van der Waals surface area (Å²) in [7, 11) is 1.36. The second kappa shape index (κ2) is 12.9. The summed E-state index contributed by atoms with van der Waals surface area (Å²) < 4.78 is 19.1. The molecule has 15 heteroatoms. The number of anilines is 1. The molecular weight excluding hydrogens is 657 g/mol. The number of aliphatic hydroxyl groups excluding tert-OH is 3. The summed E-state index contributed by atoms with van der Waals surface area (Å²) in [6.07, 6.45) is -4.52. The molecule has 5 rings (SSSR count). The van der Waals surface area contributed by atoms with Crippen LogP contribution in [0.2, 0.25) is 10.0 Å². The van der Waals surface area contributed by atoms with Crippen molar-refractivity contribution in [2.75, 3.05) is 31.8 Å². The molecule has 0 aliphatic carbocycles. The van der Waals surface area contributed by atoms with Gasteiger partial charge in [0.2, 0.25) is 0 Å². The fraction of sp³-hybridized carbons (Fsp3) is 0.407. The van der Waals surface area contributed by atoms with Gasteiger partial charge >= 0.3 is 0 Å². The van der Waals surface area contributed by atoms with Crippen molar-refractivity contribution in [1.82, 2.24) is 15.0 Å². The van der Waals surface area contributed by atoms with Crippen molar-refractivity contribution in [3.05, 3.63) is 62.7 Å². The van der Waals surface area contributed by atoms with Gasteiger partial charge in [-0.3, -0.25) is 4.79 Å². The molecule has 2 aliphatic rings. The van der Waals surface area contributed by atoms with E-state index >= 15 is 0 Å². The van der Waals surface area contributed by atoms with Crippen LogP contribution in [0.4, 0.5) is 5.69 Å². The van der Waals surface area contributed by atoms with Crippen molar-refractivity contribution in [2.24, 2.45) is 0 Å². The topological polar surface area (TPSA) is 163 Å². The van der Waals surface area contributed by atoms with Crippen molar-refractivity contribution in [1.29, 1.82) is 5.26 Å². The maximum Gasteiger partial charge on any atom is 0.259 e. The number of hydrogen-bond donors (Lipinski definition) is 3. The molecule has 0 radical (unpaired) electrons. The SMILES string of the molecule is COC1C(C(=O)N(c2cc(Br)cc(C#N)c2)[C@H]2COC[C@@H]2O)OC(CO)C(O)C1n1cc(-c2ccc(Cl)c(Cl)c2)nn1.